The van der Waals surface area contributed by atoms with Crippen molar-refractivity contribution in [3.8, 4) is 11.3 Å². The molecule has 5 nitrogen and oxygen atoms in total. The largest absolute Gasteiger partial charge is 0.268 e. The summed E-state index contributed by atoms with van der Waals surface area (Å²) in [6.45, 7) is 5.85. The second-order valence-corrected chi connectivity index (χ2v) is 4.34. The summed E-state index contributed by atoms with van der Waals surface area (Å²) in [7, 11) is 0. The third-order valence-electron chi connectivity index (χ3n) is 2.88. The number of aromatic amines is 1. The maximum Gasteiger partial charge on any atom is 0.264 e. The Balaban J connectivity index is 2.37. The van der Waals surface area contributed by atoms with Crippen LogP contribution in [0.5, 0.6) is 0 Å². The highest BCUT2D eigenvalue weighted by molar-refractivity contribution is 5.87. The fourth-order valence-corrected chi connectivity index (χ4v) is 2.03. The molecule has 0 spiro atoms. The molecule has 1 N–H and O–H groups in total. The fourth-order valence-electron chi connectivity index (χ4n) is 2.03. The first-order chi connectivity index (χ1) is 9.16. The number of aromatic nitrogens is 4. The molecule has 0 saturated carbocycles. The summed E-state index contributed by atoms with van der Waals surface area (Å²) in [6.07, 6.45) is 1.87. The predicted molar refractivity (Wildman–Crippen MR) is 73.8 cm³/mol. The number of H-pyrrole nitrogens is 1. The molecule has 0 aliphatic rings. The quantitative estimate of drug-likeness (QED) is 0.759. The third-order valence-corrected chi connectivity index (χ3v) is 2.88. The van der Waals surface area contributed by atoms with E-state index >= 15 is 0 Å². The van der Waals surface area contributed by atoms with Gasteiger partial charge in [0.15, 0.2) is 0 Å². The fraction of sp³-hybridized carbons (Fsp3) is 0.0714. The van der Waals surface area contributed by atoms with Crippen LogP contribution in [0.2, 0.25) is 0 Å². The van der Waals surface area contributed by atoms with Gasteiger partial charge in [-0.05, 0) is 30.7 Å². The van der Waals surface area contributed by atoms with Crippen molar-refractivity contribution >= 4 is 11.1 Å². The van der Waals surface area contributed by atoms with Crippen LogP contribution in [0.3, 0.4) is 0 Å². The Morgan fingerprint density at radius 3 is 2.84 bits per heavy atom. The van der Waals surface area contributed by atoms with Crippen molar-refractivity contribution in [2.45, 2.75) is 6.92 Å². The minimum atomic E-state index is -0.225. The van der Waals surface area contributed by atoms with E-state index < -0.39 is 0 Å². The molecule has 3 aromatic heterocycles. The van der Waals surface area contributed by atoms with Crippen LogP contribution in [0.4, 0.5) is 0 Å². The molecule has 0 aliphatic heterocycles. The van der Waals surface area contributed by atoms with Crippen LogP contribution in [-0.4, -0.2) is 19.8 Å². The molecule has 0 bridgehead atoms. The molecule has 0 fully saturated rings. The molecule has 94 valence electrons. The summed E-state index contributed by atoms with van der Waals surface area (Å²) in [4.78, 5) is 11.1. The van der Waals surface area contributed by atoms with Gasteiger partial charge in [0.2, 0.25) is 0 Å². The normalized spacial score (nSPS) is 10.8. The molecule has 3 rings (SSSR count). The number of hydrogen-bond donors (Lipinski definition) is 1. The topological polar surface area (TPSA) is 63.1 Å². The van der Waals surface area contributed by atoms with Crippen LogP contribution >= 0.6 is 0 Å². The monoisotopic (exact) mass is 252 g/mol. The molecule has 0 amide bonds. The van der Waals surface area contributed by atoms with Crippen molar-refractivity contribution in [3.05, 3.63) is 59.2 Å². The van der Waals surface area contributed by atoms with Crippen molar-refractivity contribution in [2.75, 3.05) is 0 Å². The smallest absolute Gasteiger partial charge is 0.264 e. The maximum atomic E-state index is 11.1. The lowest BCUT2D eigenvalue weighted by Crippen LogP contribution is -2.05. The van der Waals surface area contributed by atoms with Crippen molar-refractivity contribution in [1.82, 2.24) is 19.8 Å². The Bertz CT molecular complexity index is 808. The first-order valence-electron chi connectivity index (χ1n) is 5.86. The van der Waals surface area contributed by atoms with Gasteiger partial charge in [0.25, 0.3) is 5.56 Å². The van der Waals surface area contributed by atoms with Crippen LogP contribution in [0.15, 0.2) is 47.9 Å². The highest BCUT2D eigenvalue weighted by Gasteiger charge is 2.15. The summed E-state index contributed by atoms with van der Waals surface area (Å²) in [5.74, 6) is 0. The minimum absolute atomic E-state index is 0.225. The van der Waals surface area contributed by atoms with Gasteiger partial charge in [-0.2, -0.15) is 10.2 Å². The average molecular weight is 252 g/mol. The molecule has 5 heteroatoms. The lowest BCUT2D eigenvalue weighted by atomic mass is 10.1. The van der Waals surface area contributed by atoms with Crippen molar-refractivity contribution in [1.29, 1.82) is 0 Å². The van der Waals surface area contributed by atoms with Crippen LogP contribution in [0.25, 0.3) is 22.3 Å². The van der Waals surface area contributed by atoms with Crippen molar-refractivity contribution in [2.24, 2.45) is 0 Å². The lowest BCUT2D eigenvalue weighted by Gasteiger charge is -2.00. The Kier molecular flexibility index (Phi) is 2.52. The van der Waals surface area contributed by atoms with E-state index in [1.165, 1.54) is 6.07 Å². The van der Waals surface area contributed by atoms with E-state index in [-0.39, 0.29) is 5.56 Å². The SMILES string of the molecule is C=C(C)c1nn2ccccc2c1-c1ccc(=O)[nH]n1. The van der Waals surface area contributed by atoms with E-state index in [9.17, 15) is 4.79 Å². The maximum absolute atomic E-state index is 11.1. The molecule has 0 saturated heterocycles. The number of pyridine rings is 1. The number of hydrogen-bond acceptors (Lipinski definition) is 3. The predicted octanol–water partition coefficient (Wildman–Crippen LogP) is 2.12. The van der Waals surface area contributed by atoms with E-state index in [1.54, 1.807) is 10.6 Å². The molecule has 0 aromatic carbocycles. The first kappa shape index (κ1) is 11.4. The van der Waals surface area contributed by atoms with E-state index in [0.29, 0.717) is 5.69 Å². The number of rotatable bonds is 2. The van der Waals surface area contributed by atoms with Crippen LogP contribution in [0.1, 0.15) is 12.6 Å². The molecule has 0 aliphatic carbocycles. The second kappa shape index (κ2) is 4.20. The highest BCUT2D eigenvalue weighted by Crippen LogP contribution is 2.29. The van der Waals surface area contributed by atoms with Gasteiger partial charge in [-0.25, -0.2) is 9.61 Å². The van der Waals surface area contributed by atoms with Gasteiger partial charge in [0.1, 0.15) is 0 Å². The summed E-state index contributed by atoms with van der Waals surface area (Å²) in [5.41, 5.74) is 3.90. The van der Waals surface area contributed by atoms with Gasteiger partial charge in [-0.15, -0.1) is 0 Å². The Morgan fingerprint density at radius 1 is 1.32 bits per heavy atom. The van der Waals surface area contributed by atoms with E-state index in [1.807, 2.05) is 31.3 Å². The molecular weight excluding hydrogens is 240 g/mol. The van der Waals surface area contributed by atoms with Crippen molar-refractivity contribution in [3.63, 3.8) is 0 Å². The highest BCUT2D eigenvalue weighted by atomic mass is 16.1. The molecule has 0 radical (unpaired) electrons. The number of nitrogens with one attached hydrogen (secondary N) is 1. The molecule has 0 atom stereocenters. The second-order valence-electron chi connectivity index (χ2n) is 4.34. The average Bonchev–Trinajstić information content (AvgIpc) is 2.79. The van der Waals surface area contributed by atoms with Gasteiger partial charge in [0.05, 0.1) is 22.5 Å². The van der Waals surface area contributed by atoms with Crippen LogP contribution < -0.4 is 5.56 Å². The zero-order valence-electron chi connectivity index (χ0n) is 10.4. The van der Waals surface area contributed by atoms with E-state index in [2.05, 4.69) is 21.9 Å². The summed E-state index contributed by atoms with van der Waals surface area (Å²) >= 11 is 0. The van der Waals surface area contributed by atoms with Gasteiger partial charge in [0, 0.05) is 12.3 Å². The Hall–Kier alpha value is -2.69. The molecule has 19 heavy (non-hydrogen) atoms. The third kappa shape index (κ3) is 1.85. The van der Waals surface area contributed by atoms with E-state index in [0.717, 1.165) is 22.3 Å². The number of nitrogens with zero attached hydrogens (tertiary/aromatic N) is 3. The van der Waals surface area contributed by atoms with Crippen LogP contribution in [-0.2, 0) is 0 Å². The van der Waals surface area contributed by atoms with Gasteiger partial charge < -0.3 is 0 Å². The Morgan fingerprint density at radius 2 is 2.16 bits per heavy atom. The Labute approximate surface area is 109 Å². The summed E-state index contributed by atoms with van der Waals surface area (Å²) in [6, 6.07) is 8.95. The summed E-state index contributed by atoms with van der Waals surface area (Å²) in [5, 5.41) is 11.0. The van der Waals surface area contributed by atoms with Crippen LogP contribution in [0, 0.1) is 0 Å². The lowest BCUT2D eigenvalue weighted by molar-refractivity contribution is 0.950. The zero-order valence-corrected chi connectivity index (χ0v) is 10.4. The molecule has 0 unspecified atom stereocenters. The number of allylic oxidation sites excluding steroid dienone is 1. The standard InChI is InChI=1S/C14H12N4O/c1-9(2)14-13(10-6-7-12(19)16-15-10)11-5-3-4-8-18(11)17-14/h3-8H,1H2,2H3,(H,16,19). The number of fused-ring (bicyclic) bond motifs is 1. The zero-order chi connectivity index (χ0) is 13.4. The van der Waals surface area contributed by atoms with Crippen molar-refractivity contribution < 1.29 is 0 Å². The molecular formula is C14H12N4O. The molecule has 3 aromatic rings. The minimum Gasteiger partial charge on any atom is -0.268 e. The molecule has 3 heterocycles. The van der Waals surface area contributed by atoms with E-state index in [4.69, 9.17) is 0 Å². The van der Waals surface area contributed by atoms with Gasteiger partial charge in [-0.3, -0.25) is 4.79 Å². The van der Waals surface area contributed by atoms with Gasteiger partial charge >= 0.3 is 0 Å². The van der Waals surface area contributed by atoms with Gasteiger partial charge in [-0.1, -0.05) is 12.6 Å². The summed E-state index contributed by atoms with van der Waals surface area (Å²) < 4.78 is 1.78. The first-order valence-corrected chi connectivity index (χ1v) is 5.86.